The molecule has 2 heterocycles. The normalized spacial score (nSPS) is 20.8. The van der Waals surface area contributed by atoms with E-state index in [1.165, 1.54) is 59.4 Å². The average Bonchev–Trinajstić information content (AvgIpc) is 3.20. The summed E-state index contributed by atoms with van der Waals surface area (Å²) in [4.78, 5) is 7.39. The van der Waals surface area contributed by atoms with Crippen LogP contribution in [0.5, 0.6) is 0 Å². The SMILES string of the molecule is C[n+]1c([C@@H]2CCC[C@H](c3[nH]c4ccccc4[n+]3C)C2)[nH]c2ccccc21. The molecule has 0 unspecified atom stereocenters. The Bertz CT molecular complexity index is 1000. The molecule has 5 rings (SSSR count). The minimum absolute atomic E-state index is 0.581. The van der Waals surface area contributed by atoms with E-state index in [1.54, 1.807) is 0 Å². The van der Waals surface area contributed by atoms with E-state index in [-0.39, 0.29) is 0 Å². The van der Waals surface area contributed by atoms with E-state index in [1.807, 2.05) is 0 Å². The van der Waals surface area contributed by atoms with Crippen molar-refractivity contribution in [2.45, 2.75) is 37.5 Å². The molecule has 4 heteroatoms. The van der Waals surface area contributed by atoms with Crippen molar-refractivity contribution in [3.8, 4) is 0 Å². The van der Waals surface area contributed by atoms with Gasteiger partial charge in [-0.1, -0.05) is 30.7 Å². The van der Waals surface area contributed by atoms with E-state index < -0.39 is 0 Å². The van der Waals surface area contributed by atoms with E-state index >= 15 is 0 Å². The molecule has 1 fully saturated rings. The van der Waals surface area contributed by atoms with Crippen LogP contribution in [0.3, 0.4) is 0 Å². The van der Waals surface area contributed by atoms with Crippen molar-refractivity contribution in [2.75, 3.05) is 0 Å². The highest BCUT2D eigenvalue weighted by Crippen LogP contribution is 2.39. The zero-order valence-corrected chi connectivity index (χ0v) is 15.5. The van der Waals surface area contributed by atoms with Crippen molar-refractivity contribution in [1.29, 1.82) is 0 Å². The largest absolute Gasteiger partial charge is 0.258 e. The summed E-state index contributed by atoms with van der Waals surface area (Å²) in [6.45, 7) is 0. The van der Waals surface area contributed by atoms with Crippen LogP contribution in [0.1, 0.15) is 49.2 Å². The monoisotopic (exact) mass is 346 g/mol. The lowest BCUT2D eigenvalue weighted by Gasteiger charge is -2.24. The van der Waals surface area contributed by atoms with Gasteiger partial charge < -0.3 is 0 Å². The van der Waals surface area contributed by atoms with Crippen molar-refractivity contribution in [3.05, 3.63) is 60.2 Å². The van der Waals surface area contributed by atoms with Crippen LogP contribution >= 0.6 is 0 Å². The van der Waals surface area contributed by atoms with Gasteiger partial charge in [-0.2, -0.15) is 0 Å². The molecule has 0 radical (unpaired) electrons. The summed E-state index contributed by atoms with van der Waals surface area (Å²) in [5, 5.41) is 0. The van der Waals surface area contributed by atoms with Crippen LogP contribution in [-0.4, -0.2) is 9.97 Å². The molecule has 26 heavy (non-hydrogen) atoms. The zero-order chi connectivity index (χ0) is 17.7. The standard InChI is InChI=1S/C22H24N4/c1-25-19-12-5-3-10-17(19)23-21(25)15-8-7-9-16(14-15)22-24-18-11-4-6-13-20(18)26(22)2/h3-6,10-13,15-16H,7-9,14H2,1-2H3/p+2/t15-,16+. The van der Waals surface area contributed by atoms with Crippen molar-refractivity contribution in [3.63, 3.8) is 0 Å². The average molecular weight is 346 g/mol. The second-order valence-electron chi connectivity index (χ2n) is 7.73. The summed E-state index contributed by atoms with van der Waals surface area (Å²) in [6, 6.07) is 17.2. The summed E-state index contributed by atoms with van der Waals surface area (Å²) >= 11 is 0. The third-order valence-electron chi connectivity index (χ3n) is 6.23. The lowest BCUT2D eigenvalue weighted by Crippen LogP contribution is -2.37. The Kier molecular flexibility index (Phi) is 3.59. The molecule has 1 aliphatic carbocycles. The topological polar surface area (TPSA) is 39.3 Å². The van der Waals surface area contributed by atoms with Gasteiger partial charge in [-0.25, -0.2) is 19.1 Å². The number of aromatic nitrogens is 4. The molecule has 4 aromatic rings. The number of nitrogens with one attached hydrogen (secondary N) is 2. The summed E-state index contributed by atoms with van der Waals surface area (Å²) in [7, 11) is 4.39. The summed E-state index contributed by atoms with van der Waals surface area (Å²) in [5.41, 5.74) is 5.06. The lowest BCUT2D eigenvalue weighted by molar-refractivity contribution is -0.656. The van der Waals surface area contributed by atoms with Gasteiger partial charge in [0.05, 0.1) is 25.9 Å². The molecule has 2 N–H and O–H groups in total. The molecular weight excluding hydrogens is 320 g/mol. The first-order valence-corrected chi connectivity index (χ1v) is 9.65. The van der Waals surface area contributed by atoms with Gasteiger partial charge >= 0.3 is 0 Å². The molecule has 0 aliphatic heterocycles. The number of hydrogen-bond acceptors (Lipinski definition) is 0. The lowest BCUT2D eigenvalue weighted by atomic mass is 9.80. The first-order valence-electron chi connectivity index (χ1n) is 9.65. The second-order valence-corrected chi connectivity index (χ2v) is 7.73. The Morgan fingerprint density at radius 3 is 1.65 bits per heavy atom. The Hall–Kier alpha value is -2.62. The van der Waals surface area contributed by atoms with E-state index in [0.717, 1.165) is 0 Å². The van der Waals surface area contributed by atoms with Gasteiger partial charge in [0.1, 0.15) is 0 Å². The molecule has 2 aromatic heterocycles. The third-order valence-corrected chi connectivity index (χ3v) is 6.23. The van der Waals surface area contributed by atoms with Crippen LogP contribution in [0.2, 0.25) is 0 Å². The van der Waals surface area contributed by atoms with Gasteiger partial charge in [0.15, 0.2) is 22.1 Å². The van der Waals surface area contributed by atoms with Crippen molar-refractivity contribution < 1.29 is 9.13 Å². The molecule has 0 amide bonds. The van der Waals surface area contributed by atoms with Crippen molar-refractivity contribution in [2.24, 2.45) is 14.1 Å². The molecular formula is C22H26N4+2. The third kappa shape index (κ3) is 2.36. The van der Waals surface area contributed by atoms with Crippen LogP contribution in [0.15, 0.2) is 48.5 Å². The van der Waals surface area contributed by atoms with Crippen LogP contribution < -0.4 is 9.13 Å². The summed E-state index contributed by atoms with van der Waals surface area (Å²) < 4.78 is 4.71. The number of nitrogens with zero attached hydrogens (tertiary/aromatic N) is 2. The minimum Gasteiger partial charge on any atom is -0.241 e. The number of aryl methyl sites for hydroxylation is 2. The van der Waals surface area contributed by atoms with Crippen LogP contribution in [-0.2, 0) is 14.1 Å². The predicted molar refractivity (Wildman–Crippen MR) is 103 cm³/mol. The van der Waals surface area contributed by atoms with Gasteiger partial charge in [-0.3, -0.25) is 0 Å². The molecule has 0 bridgehead atoms. The van der Waals surface area contributed by atoms with E-state index in [9.17, 15) is 0 Å². The quantitative estimate of drug-likeness (QED) is 0.519. The minimum atomic E-state index is 0.581. The molecule has 2 atom stereocenters. The van der Waals surface area contributed by atoms with Crippen LogP contribution in [0, 0.1) is 0 Å². The molecule has 132 valence electrons. The number of fused-ring (bicyclic) bond motifs is 2. The maximum absolute atomic E-state index is 3.69. The first-order chi connectivity index (χ1) is 12.7. The van der Waals surface area contributed by atoms with Gasteiger partial charge in [0.25, 0.3) is 11.6 Å². The summed E-state index contributed by atoms with van der Waals surface area (Å²) in [5.74, 6) is 3.90. The number of benzene rings is 2. The molecule has 0 saturated heterocycles. The highest BCUT2D eigenvalue weighted by atomic mass is 15.1. The van der Waals surface area contributed by atoms with Gasteiger partial charge in [0.2, 0.25) is 0 Å². The highest BCUT2D eigenvalue weighted by Gasteiger charge is 2.35. The number of H-pyrrole nitrogens is 2. The van der Waals surface area contributed by atoms with Gasteiger partial charge in [0, 0.05) is 0 Å². The fourth-order valence-corrected chi connectivity index (χ4v) is 4.89. The number of para-hydroxylation sites is 4. The Labute approximate surface area is 153 Å². The van der Waals surface area contributed by atoms with Crippen molar-refractivity contribution >= 4 is 22.1 Å². The maximum atomic E-state index is 3.69. The number of aromatic amines is 2. The molecule has 0 spiro atoms. The number of rotatable bonds is 2. The first kappa shape index (κ1) is 15.6. The van der Waals surface area contributed by atoms with Gasteiger partial charge in [-0.05, 0) is 43.5 Å². The Balaban J connectivity index is 1.51. The Morgan fingerprint density at radius 1 is 0.731 bits per heavy atom. The summed E-state index contributed by atoms with van der Waals surface area (Å²) in [6.07, 6.45) is 5.00. The molecule has 1 aliphatic rings. The maximum Gasteiger partial charge on any atom is 0.258 e. The second kappa shape index (κ2) is 5.97. The predicted octanol–water partition coefficient (Wildman–Crippen LogP) is 3.74. The van der Waals surface area contributed by atoms with Crippen LogP contribution in [0.25, 0.3) is 22.1 Å². The number of hydrogen-bond donors (Lipinski definition) is 2. The van der Waals surface area contributed by atoms with E-state index in [2.05, 4.69) is 81.7 Å². The zero-order valence-electron chi connectivity index (χ0n) is 15.5. The fourth-order valence-electron chi connectivity index (χ4n) is 4.89. The Morgan fingerprint density at radius 2 is 1.19 bits per heavy atom. The highest BCUT2D eigenvalue weighted by molar-refractivity contribution is 5.71. The fraction of sp³-hybridized carbons (Fsp3) is 0.364. The molecule has 1 saturated carbocycles. The van der Waals surface area contributed by atoms with Crippen LogP contribution in [0.4, 0.5) is 0 Å². The van der Waals surface area contributed by atoms with Gasteiger partial charge in [-0.15, -0.1) is 0 Å². The molecule has 2 aromatic carbocycles. The smallest absolute Gasteiger partial charge is 0.241 e. The van der Waals surface area contributed by atoms with E-state index in [0.29, 0.717) is 11.8 Å². The van der Waals surface area contributed by atoms with Crippen molar-refractivity contribution in [1.82, 2.24) is 9.97 Å². The van der Waals surface area contributed by atoms with E-state index in [4.69, 9.17) is 0 Å². The number of imidazole rings is 2. The molecule has 4 nitrogen and oxygen atoms in total.